The SMILES string of the molecule is CCOCCCC(=O)CCC(=O)O[C@H](C(=O)OC1C[C@]2(O)[C@H](OC(=O)c3ccccc3)[C@H]3[C@@]4(OC(C)=O)CO[C@H]4C[C@@H](C)[C@]3(C)C(=O)[C@@H](OC(C)=O)C(=C1C)C2(C)C)[C@H](NC(=O)c1ccccc1)c1ccccc1. The summed E-state index contributed by atoms with van der Waals surface area (Å²) in [5.74, 6) is -8.15. The van der Waals surface area contributed by atoms with Crippen LogP contribution in [0.3, 0.4) is 0 Å². The Labute approximate surface area is 430 Å². The molecular weight excluding hydrogens is 955 g/mol. The molecule has 1 saturated heterocycles. The van der Waals surface area contributed by atoms with Crippen LogP contribution in [0.15, 0.2) is 102 Å². The maximum atomic E-state index is 15.9. The van der Waals surface area contributed by atoms with Crippen molar-refractivity contribution >= 4 is 47.3 Å². The molecule has 2 saturated carbocycles. The topological polar surface area (TPSA) is 233 Å². The first-order valence-electron chi connectivity index (χ1n) is 25.2. The second-order valence-electron chi connectivity index (χ2n) is 20.5. The van der Waals surface area contributed by atoms with E-state index in [4.69, 9.17) is 33.2 Å². The van der Waals surface area contributed by atoms with Crippen LogP contribution in [0.5, 0.6) is 0 Å². The van der Waals surface area contributed by atoms with Crippen LogP contribution in [-0.2, 0) is 61.9 Å². The Hall–Kier alpha value is -6.56. The molecule has 1 aliphatic heterocycles. The Morgan fingerprint density at radius 1 is 0.811 bits per heavy atom. The van der Waals surface area contributed by atoms with Gasteiger partial charge in [0.25, 0.3) is 5.91 Å². The van der Waals surface area contributed by atoms with E-state index in [0.29, 0.717) is 25.2 Å². The molecule has 1 unspecified atom stereocenters. The van der Waals surface area contributed by atoms with E-state index < -0.39 is 125 Å². The first kappa shape index (κ1) is 55.2. The summed E-state index contributed by atoms with van der Waals surface area (Å²) in [5, 5.41) is 16.9. The van der Waals surface area contributed by atoms with Gasteiger partial charge in [-0.25, -0.2) is 9.59 Å². The molecule has 4 aliphatic rings. The Morgan fingerprint density at radius 2 is 1.43 bits per heavy atom. The van der Waals surface area contributed by atoms with E-state index in [9.17, 15) is 33.9 Å². The first-order valence-corrected chi connectivity index (χ1v) is 25.2. The third-order valence-electron chi connectivity index (χ3n) is 15.7. The fourth-order valence-corrected chi connectivity index (χ4v) is 11.7. The molecule has 396 valence electrons. The van der Waals surface area contributed by atoms with E-state index in [1.165, 1.54) is 19.1 Å². The van der Waals surface area contributed by atoms with Crippen LogP contribution < -0.4 is 5.32 Å². The van der Waals surface area contributed by atoms with E-state index in [1.807, 2.05) is 6.92 Å². The third kappa shape index (κ3) is 10.7. The molecule has 1 amide bonds. The zero-order chi connectivity index (χ0) is 53.8. The highest BCUT2D eigenvalue weighted by atomic mass is 16.6. The molecule has 3 aromatic rings. The number of carbonyl (C=O) groups is 8. The normalized spacial score (nSPS) is 28.5. The number of carbonyl (C=O) groups excluding carboxylic acids is 8. The van der Waals surface area contributed by atoms with Crippen LogP contribution in [0.2, 0.25) is 0 Å². The highest BCUT2D eigenvalue weighted by molar-refractivity contribution is 5.96. The predicted octanol–water partition coefficient (Wildman–Crippen LogP) is 6.73. The summed E-state index contributed by atoms with van der Waals surface area (Å²) in [6.07, 6.45) is -8.20. The number of Topliss-reactive ketones (excluding diaryl/α,β-unsaturated/α-hetero) is 2. The minimum absolute atomic E-state index is 0.0544. The average Bonchev–Trinajstić information content (AvgIpc) is 3.37. The zero-order valence-corrected chi connectivity index (χ0v) is 43.2. The van der Waals surface area contributed by atoms with Crippen molar-refractivity contribution in [2.24, 2.45) is 22.7 Å². The molecule has 0 spiro atoms. The van der Waals surface area contributed by atoms with Crippen molar-refractivity contribution in [3.8, 4) is 0 Å². The molecule has 3 aliphatic carbocycles. The molecule has 3 fully saturated rings. The van der Waals surface area contributed by atoms with Crippen LogP contribution >= 0.6 is 0 Å². The summed E-state index contributed by atoms with van der Waals surface area (Å²) in [7, 11) is 0. The first-order chi connectivity index (χ1) is 35.1. The molecule has 17 nitrogen and oxygen atoms in total. The van der Waals surface area contributed by atoms with Gasteiger partial charge < -0.3 is 43.6 Å². The summed E-state index contributed by atoms with van der Waals surface area (Å²) in [5.41, 5.74) is -6.49. The summed E-state index contributed by atoms with van der Waals surface area (Å²) in [6.45, 7) is 13.0. The zero-order valence-electron chi connectivity index (χ0n) is 43.2. The lowest BCUT2D eigenvalue weighted by Crippen LogP contribution is -2.80. The Kier molecular flexibility index (Phi) is 16.8. The van der Waals surface area contributed by atoms with E-state index in [1.54, 1.807) is 113 Å². The molecule has 11 atom stereocenters. The van der Waals surface area contributed by atoms with Gasteiger partial charge in [0, 0.05) is 62.7 Å². The van der Waals surface area contributed by atoms with Gasteiger partial charge in [-0.1, -0.05) is 94.4 Å². The van der Waals surface area contributed by atoms with Crippen LogP contribution in [-0.4, -0.2) is 114 Å². The molecule has 2 N–H and O–H groups in total. The van der Waals surface area contributed by atoms with Gasteiger partial charge in [0.2, 0.25) is 6.10 Å². The maximum absolute atomic E-state index is 15.9. The molecule has 1 heterocycles. The van der Waals surface area contributed by atoms with Gasteiger partial charge in [-0.3, -0.25) is 28.8 Å². The lowest BCUT2D eigenvalue weighted by molar-refractivity contribution is -0.340. The lowest BCUT2D eigenvalue weighted by Gasteiger charge is -2.68. The monoisotopic (exact) mass is 1020 g/mol. The standard InChI is InChI=1S/C57H67NO16/c1-9-68-29-19-26-40(61)27-28-43(62)72-47(45(37-20-13-10-14-21-37)58-51(64)38-22-15-11-16-23-38)53(66)71-41-31-57(67)50(73-52(65)39-24-17-12-18-25-39)48-55(8,33(2)30-42-56(48,32-69-42)74-36(5)60)49(63)46(70-35(4)59)44(34(41)3)54(57,6)7/h10-18,20-25,33,41-42,45-48,50,67H,9,19,26-32H2,1-8H3,(H,58,64)/t33-,41?,42+,45-,46+,47+,48-,50-,55+,56-,57+/m1/s1. The Balaban J connectivity index is 1.38. The van der Waals surface area contributed by atoms with Gasteiger partial charge >= 0.3 is 29.8 Å². The summed E-state index contributed by atoms with van der Waals surface area (Å²) in [4.78, 5) is 113. The number of amides is 1. The average molecular weight is 1020 g/mol. The van der Waals surface area contributed by atoms with Crippen LogP contribution in [0.1, 0.15) is 126 Å². The molecule has 0 aromatic heterocycles. The second kappa shape index (κ2) is 22.5. The van der Waals surface area contributed by atoms with Gasteiger partial charge in [-0.15, -0.1) is 0 Å². The fraction of sp³-hybridized carbons (Fsp3) is 0.509. The number of esters is 5. The molecule has 3 aromatic carbocycles. The summed E-state index contributed by atoms with van der Waals surface area (Å²) >= 11 is 0. The number of aliphatic hydroxyl groups is 1. The van der Waals surface area contributed by atoms with Gasteiger partial charge in [0.05, 0.1) is 24.5 Å². The van der Waals surface area contributed by atoms with Crippen LogP contribution in [0.4, 0.5) is 0 Å². The predicted molar refractivity (Wildman–Crippen MR) is 265 cm³/mol. The quantitative estimate of drug-likeness (QED) is 0.0548. The molecule has 74 heavy (non-hydrogen) atoms. The van der Waals surface area contributed by atoms with Crippen LogP contribution in [0.25, 0.3) is 0 Å². The largest absolute Gasteiger partial charge is 0.455 e. The number of nitrogens with one attached hydrogen (secondary N) is 1. The van der Waals surface area contributed by atoms with Crippen molar-refractivity contribution in [2.75, 3.05) is 19.8 Å². The van der Waals surface area contributed by atoms with Crippen molar-refractivity contribution in [1.82, 2.24) is 5.32 Å². The van der Waals surface area contributed by atoms with Crippen molar-refractivity contribution in [2.45, 2.75) is 142 Å². The van der Waals surface area contributed by atoms with Crippen LogP contribution in [0, 0.1) is 22.7 Å². The number of rotatable bonds is 19. The molecular formula is C57H67NO16. The Bertz CT molecular complexity index is 2630. The van der Waals surface area contributed by atoms with Crippen molar-refractivity contribution in [3.63, 3.8) is 0 Å². The highest BCUT2D eigenvalue weighted by Gasteiger charge is 2.78. The van der Waals surface area contributed by atoms with Gasteiger partial charge in [0.15, 0.2) is 17.5 Å². The molecule has 0 radical (unpaired) electrons. The van der Waals surface area contributed by atoms with Crippen molar-refractivity contribution < 1.29 is 76.6 Å². The van der Waals surface area contributed by atoms with Gasteiger partial charge in [-0.05, 0) is 73.6 Å². The van der Waals surface area contributed by atoms with Crippen molar-refractivity contribution in [1.29, 1.82) is 0 Å². The van der Waals surface area contributed by atoms with E-state index in [2.05, 4.69) is 5.32 Å². The summed E-state index contributed by atoms with van der Waals surface area (Å²) in [6, 6.07) is 23.0. The van der Waals surface area contributed by atoms with Crippen molar-refractivity contribution in [3.05, 3.63) is 119 Å². The summed E-state index contributed by atoms with van der Waals surface area (Å²) < 4.78 is 42.7. The van der Waals surface area contributed by atoms with Gasteiger partial charge in [-0.2, -0.15) is 0 Å². The number of ether oxygens (including phenoxy) is 7. The number of hydrogen-bond donors (Lipinski definition) is 2. The number of benzene rings is 3. The Morgan fingerprint density at radius 3 is 2.01 bits per heavy atom. The maximum Gasteiger partial charge on any atom is 0.350 e. The highest BCUT2D eigenvalue weighted by Crippen LogP contribution is 2.65. The van der Waals surface area contributed by atoms with E-state index in [0.717, 1.165) is 6.92 Å². The molecule has 7 rings (SSSR count). The second-order valence-corrected chi connectivity index (χ2v) is 20.5. The lowest BCUT2D eigenvalue weighted by atomic mass is 9.43. The smallest absolute Gasteiger partial charge is 0.350 e. The molecule has 2 bridgehead atoms. The molecule has 17 heteroatoms. The van der Waals surface area contributed by atoms with Gasteiger partial charge in [0.1, 0.15) is 35.7 Å². The number of hydrogen-bond acceptors (Lipinski definition) is 16. The minimum atomic E-state index is -2.37. The van der Waals surface area contributed by atoms with E-state index >= 15 is 9.59 Å². The van der Waals surface area contributed by atoms with E-state index in [-0.39, 0.29) is 53.9 Å². The fourth-order valence-electron chi connectivity index (χ4n) is 11.7. The number of fused-ring (bicyclic) bond motifs is 5. The third-order valence-corrected chi connectivity index (χ3v) is 15.7. The minimum Gasteiger partial charge on any atom is -0.455 e. The number of ketones is 2.